The monoisotopic (exact) mass is 1890 g/mol. The van der Waals surface area contributed by atoms with E-state index in [-0.39, 0.29) is 45.7 Å². The van der Waals surface area contributed by atoms with Gasteiger partial charge in [0, 0.05) is 72.0 Å². The summed E-state index contributed by atoms with van der Waals surface area (Å²) in [7, 11) is 0. The Morgan fingerprint density at radius 2 is 0.552 bits per heavy atom. The fraction of sp³-hybridized carbons (Fsp3) is 0.515. The first kappa shape index (κ1) is 115. The lowest BCUT2D eigenvalue weighted by Crippen LogP contribution is -2.29. The molecule has 2 aliphatic rings. The lowest BCUT2D eigenvalue weighted by atomic mass is 9.98. The van der Waals surface area contributed by atoms with E-state index in [1.807, 2.05) is 60.7 Å². The number of alkyl carbamates (subject to hydrolysis) is 1. The average molecular weight is 1890 g/mol. The molecule has 6 aromatic carbocycles. The van der Waals surface area contributed by atoms with Crippen LogP contribution in [0.15, 0.2) is 158 Å². The Hall–Kier alpha value is -9.81. The van der Waals surface area contributed by atoms with E-state index in [4.69, 9.17) is 122 Å². The van der Waals surface area contributed by atoms with Crippen LogP contribution in [0.3, 0.4) is 0 Å². The number of amides is 1. The molecule has 31 heteroatoms. The van der Waals surface area contributed by atoms with E-state index in [1.54, 1.807) is 132 Å². The molecule has 740 valence electrons. The van der Waals surface area contributed by atoms with E-state index in [9.17, 15) is 28.8 Å². The first-order valence-electron chi connectivity index (χ1n) is 45.0. The van der Waals surface area contributed by atoms with Crippen molar-refractivity contribution in [1.29, 1.82) is 0 Å². The molecule has 0 spiro atoms. The van der Waals surface area contributed by atoms with Crippen LogP contribution in [0.5, 0.6) is 11.5 Å². The summed E-state index contributed by atoms with van der Waals surface area (Å²) in [6.07, 6.45) is 11.5. The zero-order valence-electron chi connectivity index (χ0n) is 79.4. The van der Waals surface area contributed by atoms with Crippen LogP contribution in [0.25, 0.3) is 46.6 Å². The first-order chi connectivity index (χ1) is 64.0. The number of hydrogen-bond acceptors (Lipinski definition) is 29. The second-order valence-corrected chi connectivity index (χ2v) is 34.0. The van der Waals surface area contributed by atoms with Crippen LogP contribution in [0.4, 0.5) is 9.59 Å². The minimum atomic E-state index is -0.753. The van der Waals surface area contributed by atoms with Gasteiger partial charge in [-0.3, -0.25) is 0 Å². The van der Waals surface area contributed by atoms with Crippen molar-refractivity contribution in [3.05, 3.63) is 202 Å². The van der Waals surface area contributed by atoms with Gasteiger partial charge in [0.25, 0.3) is 0 Å². The maximum Gasteiger partial charge on any atom is 0.407 e. The van der Waals surface area contributed by atoms with Crippen molar-refractivity contribution in [1.82, 2.24) is 5.32 Å². The molecule has 0 saturated heterocycles. The number of halogens is 1. The van der Waals surface area contributed by atoms with Crippen LogP contribution in [0.1, 0.15) is 147 Å². The Morgan fingerprint density at radius 3 is 0.813 bits per heavy atom. The van der Waals surface area contributed by atoms with E-state index in [1.165, 1.54) is 68.8 Å². The molecule has 0 fully saturated rings. The molecule has 2 aliphatic carbocycles. The van der Waals surface area contributed by atoms with E-state index >= 15 is 0 Å². The number of nitrogens with one attached hydrogen (secondary N) is 1. The number of nitrogens with two attached hydrogens (primary N) is 1. The van der Waals surface area contributed by atoms with Crippen LogP contribution in [0, 0.1) is 0 Å². The highest BCUT2D eigenvalue weighted by Gasteiger charge is 2.31. The number of fused-ring (bicyclic) bond motifs is 6. The van der Waals surface area contributed by atoms with Gasteiger partial charge in [0.2, 0.25) is 0 Å². The number of rotatable bonds is 61. The third kappa shape index (κ3) is 51.2. The standard InChI is InChI=1S/C51H69NO14.C36H59NO12.C15H11ClO2.CH4/c1-50(2,3)65-47(53)19-16-39-15-17-40(18-20-48(54)66-51(4,5)6)46(37-39)63-36-35-62-34-33-61-32-31-60-30-29-59-28-27-58-26-25-57-24-23-56-22-21-52-49(55)64-38-45-43-13-9-7-11-41(43)42-12-8-10-14-44(42)45;1-35(2,3)48-33(38)11-8-30-7-9-31(10-12-34(39)49-36(4,5)6)32(29-30)47-28-27-46-26-25-45-24-23-44-22-21-43-20-19-42-18-17-41-16-15-40-14-13-37;16-15(17)18-9-14-12-7-3-1-5-10(12)11-6-2-4-8-13(11)14;/h7-20,37,45H,21-36,38H2,1-6H3,(H,52,55);7-12,29H,13-28,37H2,1-6H3;1-8,14H,9H2;1H4/b19-16+,20-18+;11-8+,12-10+;;. The molecule has 0 bridgehead atoms. The van der Waals surface area contributed by atoms with Gasteiger partial charge >= 0.3 is 35.4 Å². The van der Waals surface area contributed by atoms with Gasteiger partial charge in [0.05, 0.1) is 185 Å². The number of benzene rings is 6. The minimum Gasteiger partial charge on any atom is -0.491 e. The van der Waals surface area contributed by atoms with E-state index < -0.39 is 57.8 Å². The molecule has 0 aliphatic heterocycles. The Balaban J connectivity index is 0.000000406. The summed E-state index contributed by atoms with van der Waals surface area (Å²) < 4.78 is 121. The zero-order chi connectivity index (χ0) is 96.2. The molecule has 3 N–H and O–H groups in total. The summed E-state index contributed by atoms with van der Waals surface area (Å²) in [5.74, 6) is -0.698. The summed E-state index contributed by atoms with van der Waals surface area (Å²) in [5.41, 5.74) is 14.5. The van der Waals surface area contributed by atoms with Crippen molar-refractivity contribution in [2.75, 3.05) is 225 Å². The quantitative estimate of drug-likeness (QED) is 0.0118. The van der Waals surface area contributed by atoms with Gasteiger partial charge in [-0.15, -0.1) is 0 Å². The molecular weight excluding hydrogens is 1750 g/mol. The number of ether oxygens (including phenoxy) is 22. The summed E-state index contributed by atoms with van der Waals surface area (Å²) >= 11 is 5.25. The summed E-state index contributed by atoms with van der Waals surface area (Å²) in [4.78, 5) is 71.8. The molecular formula is C103H143ClN2O28. The normalized spacial score (nSPS) is 12.4. The summed E-state index contributed by atoms with van der Waals surface area (Å²) in [6.45, 7) is 35.9. The minimum absolute atomic E-state index is 0. The van der Waals surface area contributed by atoms with Gasteiger partial charge in [-0.2, -0.15) is 0 Å². The molecule has 134 heavy (non-hydrogen) atoms. The van der Waals surface area contributed by atoms with Crippen molar-refractivity contribution in [3.63, 3.8) is 0 Å². The molecule has 8 rings (SSSR count). The molecule has 30 nitrogen and oxygen atoms in total. The van der Waals surface area contributed by atoms with Crippen molar-refractivity contribution < 1.29 is 133 Å². The summed E-state index contributed by atoms with van der Waals surface area (Å²) in [6, 6.07) is 43.6. The molecule has 1 amide bonds. The van der Waals surface area contributed by atoms with Gasteiger partial charge < -0.3 is 115 Å². The van der Waals surface area contributed by atoms with Crippen LogP contribution in [0.2, 0.25) is 0 Å². The predicted octanol–water partition coefficient (Wildman–Crippen LogP) is 16.1. The number of carbonyl (C=O) groups excluding carboxylic acids is 6. The molecule has 0 unspecified atom stereocenters. The van der Waals surface area contributed by atoms with Crippen LogP contribution >= 0.6 is 11.6 Å². The Kier molecular flexibility index (Phi) is 56.3. The number of esters is 4. The van der Waals surface area contributed by atoms with Gasteiger partial charge in [-0.1, -0.05) is 129 Å². The molecule has 0 atom stereocenters. The van der Waals surface area contributed by atoms with Crippen molar-refractivity contribution in [2.45, 2.75) is 125 Å². The largest absolute Gasteiger partial charge is 0.491 e. The van der Waals surface area contributed by atoms with E-state index in [2.05, 4.69) is 53.8 Å². The molecule has 0 aromatic heterocycles. The van der Waals surface area contributed by atoms with Crippen LogP contribution in [-0.2, 0) is 114 Å². The number of carbonyl (C=O) groups is 6. The van der Waals surface area contributed by atoms with E-state index in [0.717, 1.165) is 11.1 Å². The lowest BCUT2D eigenvalue weighted by Gasteiger charge is -2.18. The highest BCUT2D eigenvalue weighted by atomic mass is 35.5. The van der Waals surface area contributed by atoms with Crippen molar-refractivity contribution >= 4 is 71.3 Å². The molecule has 0 heterocycles. The Labute approximate surface area is 796 Å². The van der Waals surface area contributed by atoms with Gasteiger partial charge in [-0.25, -0.2) is 28.8 Å². The van der Waals surface area contributed by atoms with Crippen molar-refractivity contribution in [3.8, 4) is 33.8 Å². The molecule has 6 aromatic rings. The fourth-order valence-corrected chi connectivity index (χ4v) is 12.7. The SMILES string of the molecule is C.CC(C)(C)OC(=O)/C=C/c1ccc(/C=C/C(=O)OC(C)(C)C)c(OCCOCCOCCOCCOCCOCCOCCOCCN)c1.CC(C)(C)OC(=O)/C=C/c1ccc(/C=C/C(=O)OC(C)(C)C)c(OCCOCCOCCOCCOCCOCCOCCOCCNC(=O)OCC2c3ccccc3-c3ccccc32)c1.O=C(Cl)OCC1c2ccccc2-c2ccccc21. The maximum atomic E-state index is 12.3. The van der Waals surface area contributed by atoms with Crippen LogP contribution in [-0.4, -0.2) is 282 Å². The predicted molar refractivity (Wildman–Crippen MR) is 515 cm³/mol. The van der Waals surface area contributed by atoms with Gasteiger partial charge in [0.15, 0.2) is 0 Å². The zero-order valence-corrected chi connectivity index (χ0v) is 80.2. The lowest BCUT2D eigenvalue weighted by molar-refractivity contribution is -0.149. The third-order valence-electron chi connectivity index (χ3n) is 18.2. The van der Waals surface area contributed by atoms with Crippen LogP contribution < -0.4 is 20.5 Å². The fourth-order valence-electron chi connectivity index (χ4n) is 12.6. The highest BCUT2D eigenvalue weighted by molar-refractivity contribution is 6.61. The molecule has 0 saturated carbocycles. The first-order valence-corrected chi connectivity index (χ1v) is 45.4. The average Bonchev–Trinajstić information content (AvgIpc) is 1.62. The third-order valence-corrected chi connectivity index (χ3v) is 18.3. The smallest absolute Gasteiger partial charge is 0.407 e. The summed E-state index contributed by atoms with van der Waals surface area (Å²) in [5, 5.41) is 2.74. The Morgan fingerprint density at radius 1 is 0.313 bits per heavy atom. The second-order valence-electron chi connectivity index (χ2n) is 33.6. The van der Waals surface area contributed by atoms with E-state index in [0.29, 0.717) is 221 Å². The molecule has 0 radical (unpaired) electrons. The highest BCUT2D eigenvalue weighted by Crippen LogP contribution is 2.46. The second kappa shape index (κ2) is 65.8. The van der Waals surface area contributed by atoms with Crippen molar-refractivity contribution in [2.24, 2.45) is 5.73 Å². The number of hydrogen-bond donors (Lipinski definition) is 2. The van der Waals surface area contributed by atoms with Gasteiger partial charge in [0.1, 0.15) is 60.3 Å². The topological polar surface area (TPSA) is 344 Å². The van der Waals surface area contributed by atoms with Gasteiger partial charge in [-0.05, 0) is 175 Å². The Bertz CT molecular complexity index is 4400. The maximum absolute atomic E-state index is 12.3.